The fraction of sp³-hybridized carbons (Fsp3) is 0.333. The van der Waals surface area contributed by atoms with Gasteiger partial charge in [0, 0.05) is 42.5 Å². The second-order valence-corrected chi connectivity index (χ2v) is 6.76. The summed E-state index contributed by atoms with van der Waals surface area (Å²) < 4.78 is 0. The van der Waals surface area contributed by atoms with Crippen LogP contribution in [-0.4, -0.2) is 43.1 Å². The minimum atomic E-state index is 0.889. The van der Waals surface area contributed by atoms with Gasteiger partial charge in [-0.1, -0.05) is 48.2 Å². The Labute approximate surface area is 137 Å². The Morgan fingerprint density at radius 2 is 1.59 bits per heavy atom. The van der Waals surface area contributed by atoms with Crippen LogP contribution in [0.15, 0.2) is 64.4 Å². The summed E-state index contributed by atoms with van der Waals surface area (Å²) in [6.45, 7) is 5.33. The van der Waals surface area contributed by atoms with Crippen molar-refractivity contribution in [2.24, 2.45) is 0 Å². The zero-order valence-electron chi connectivity index (χ0n) is 13.0. The van der Waals surface area contributed by atoms with Gasteiger partial charge in [0.1, 0.15) is 0 Å². The molecule has 0 saturated carbocycles. The zero-order valence-corrected chi connectivity index (χ0v) is 13.9. The van der Waals surface area contributed by atoms with Crippen LogP contribution in [0, 0.1) is 0 Å². The average molecular weight is 313 g/mol. The van der Waals surface area contributed by atoms with E-state index < -0.39 is 0 Å². The van der Waals surface area contributed by atoms with Crippen LogP contribution in [0.1, 0.15) is 5.56 Å². The highest BCUT2D eigenvalue weighted by molar-refractivity contribution is 7.99. The van der Waals surface area contributed by atoms with Crippen LogP contribution in [0.4, 0.5) is 0 Å². The van der Waals surface area contributed by atoms with Crippen molar-refractivity contribution in [3.63, 3.8) is 0 Å². The summed E-state index contributed by atoms with van der Waals surface area (Å²) in [5.74, 6) is 0. The molecular formula is C18H23N3S. The molecule has 0 aromatic heterocycles. The van der Waals surface area contributed by atoms with Crippen LogP contribution < -0.4 is 5.43 Å². The number of piperazine rings is 1. The largest absolute Gasteiger partial charge is 0.304 e. The van der Waals surface area contributed by atoms with Crippen molar-refractivity contribution in [1.82, 2.24) is 15.3 Å². The molecule has 1 aliphatic heterocycles. The lowest BCUT2D eigenvalue weighted by atomic mass is 10.2. The monoisotopic (exact) mass is 313 g/mol. The van der Waals surface area contributed by atoms with E-state index in [1.807, 2.05) is 11.8 Å². The smallest absolute Gasteiger partial charge is 0.0364 e. The van der Waals surface area contributed by atoms with E-state index in [1.165, 1.54) is 15.4 Å². The number of likely N-dealkylation sites (N-methyl/N-ethyl adjacent to an activating group) is 1. The molecule has 3 rings (SSSR count). The molecule has 1 N–H and O–H groups in total. The maximum absolute atomic E-state index is 3.58. The highest BCUT2D eigenvalue weighted by Gasteiger charge is 2.13. The highest BCUT2D eigenvalue weighted by Crippen LogP contribution is 2.30. The molecule has 3 nitrogen and oxygen atoms in total. The number of benzene rings is 2. The molecule has 22 heavy (non-hydrogen) atoms. The van der Waals surface area contributed by atoms with Crippen molar-refractivity contribution in [2.75, 3.05) is 33.2 Å². The first-order chi connectivity index (χ1) is 10.8. The lowest BCUT2D eigenvalue weighted by Crippen LogP contribution is -2.50. The third kappa shape index (κ3) is 4.34. The van der Waals surface area contributed by atoms with Gasteiger partial charge in [-0.05, 0) is 30.8 Å². The topological polar surface area (TPSA) is 18.5 Å². The van der Waals surface area contributed by atoms with Gasteiger partial charge in [-0.15, -0.1) is 0 Å². The van der Waals surface area contributed by atoms with E-state index in [9.17, 15) is 0 Å². The van der Waals surface area contributed by atoms with E-state index in [-0.39, 0.29) is 0 Å². The van der Waals surface area contributed by atoms with E-state index in [4.69, 9.17) is 0 Å². The molecule has 0 radical (unpaired) electrons. The minimum absolute atomic E-state index is 0.889. The summed E-state index contributed by atoms with van der Waals surface area (Å²) in [7, 11) is 2.18. The van der Waals surface area contributed by atoms with E-state index in [0.29, 0.717) is 0 Å². The van der Waals surface area contributed by atoms with Gasteiger partial charge in [-0.2, -0.15) is 0 Å². The molecule has 2 aromatic carbocycles. The van der Waals surface area contributed by atoms with E-state index in [2.05, 4.69) is 77.0 Å². The van der Waals surface area contributed by atoms with Crippen molar-refractivity contribution in [1.29, 1.82) is 0 Å². The summed E-state index contributed by atoms with van der Waals surface area (Å²) in [6.07, 6.45) is 0. The third-order valence-corrected chi connectivity index (χ3v) is 5.07. The van der Waals surface area contributed by atoms with Crippen molar-refractivity contribution < 1.29 is 0 Å². The second kappa shape index (κ2) is 7.79. The van der Waals surface area contributed by atoms with Crippen LogP contribution in [0.25, 0.3) is 0 Å². The number of hydrogen-bond acceptors (Lipinski definition) is 4. The lowest BCUT2D eigenvalue weighted by Gasteiger charge is -2.32. The fourth-order valence-electron chi connectivity index (χ4n) is 2.53. The Bertz CT molecular complexity index is 580. The number of nitrogens with zero attached hydrogens (tertiary/aromatic N) is 2. The van der Waals surface area contributed by atoms with Gasteiger partial charge in [0.05, 0.1) is 0 Å². The molecule has 0 bridgehead atoms. The Kier molecular flexibility index (Phi) is 5.51. The fourth-order valence-corrected chi connectivity index (χ4v) is 3.49. The first-order valence-corrected chi connectivity index (χ1v) is 8.61. The van der Waals surface area contributed by atoms with Gasteiger partial charge in [0.2, 0.25) is 0 Å². The molecule has 1 saturated heterocycles. The van der Waals surface area contributed by atoms with Crippen molar-refractivity contribution in [3.8, 4) is 0 Å². The number of hydrogen-bond donors (Lipinski definition) is 1. The molecule has 0 aliphatic carbocycles. The molecular weight excluding hydrogens is 290 g/mol. The van der Waals surface area contributed by atoms with E-state index >= 15 is 0 Å². The van der Waals surface area contributed by atoms with Crippen molar-refractivity contribution in [2.45, 2.75) is 16.3 Å². The predicted octanol–water partition coefficient (Wildman–Crippen LogP) is 3.09. The molecule has 0 unspecified atom stereocenters. The molecule has 1 heterocycles. The maximum atomic E-state index is 3.58. The average Bonchev–Trinajstić information content (AvgIpc) is 2.56. The number of hydrazine groups is 1. The van der Waals surface area contributed by atoms with Gasteiger partial charge in [-0.25, -0.2) is 5.01 Å². The number of nitrogens with one attached hydrogen (secondary N) is 1. The molecule has 0 atom stereocenters. The maximum Gasteiger partial charge on any atom is 0.0364 e. The first-order valence-electron chi connectivity index (χ1n) is 7.79. The summed E-state index contributed by atoms with van der Waals surface area (Å²) in [5.41, 5.74) is 4.93. The van der Waals surface area contributed by atoms with E-state index in [1.54, 1.807) is 0 Å². The Hall–Kier alpha value is -1.33. The summed E-state index contributed by atoms with van der Waals surface area (Å²) >= 11 is 1.83. The lowest BCUT2D eigenvalue weighted by molar-refractivity contribution is 0.102. The molecule has 1 aliphatic rings. The zero-order chi connectivity index (χ0) is 15.2. The highest BCUT2D eigenvalue weighted by atomic mass is 32.2. The summed E-state index contributed by atoms with van der Waals surface area (Å²) in [5, 5.41) is 2.34. The Morgan fingerprint density at radius 3 is 2.36 bits per heavy atom. The molecule has 0 amide bonds. The van der Waals surface area contributed by atoms with Crippen LogP contribution in [0.3, 0.4) is 0 Å². The molecule has 0 spiro atoms. The standard InChI is InChI=1S/C18H23N3S/c1-20-11-13-21(14-12-20)19-15-16-7-5-6-10-18(16)22-17-8-3-2-4-9-17/h2-10,19H,11-15H2,1H3. The first kappa shape index (κ1) is 15.6. The van der Waals surface area contributed by atoms with Gasteiger partial charge in [0.15, 0.2) is 0 Å². The quantitative estimate of drug-likeness (QED) is 0.914. The Balaban J connectivity index is 1.61. The SMILES string of the molecule is CN1CCN(NCc2ccccc2Sc2ccccc2)CC1. The molecule has 116 valence electrons. The summed E-state index contributed by atoms with van der Waals surface area (Å²) in [6, 6.07) is 19.2. The van der Waals surface area contributed by atoms with E-state index in [0.717, 1.165) is 32.7 Å². The van der Waals surface area contributed by atoms with Crippen LogP contribution in [0.2, 0.25) is 0 Å². The third-order valence-electron chi connectivity index (χ3n) is 3.94. The van der Waals surface area contributed by atoms with Crippen molar-refractivity contribution >= 4 is 11.8 Å². The van der Waals surface area contributed by atoms with Crippen LogP contribution >= 0.6 is 11.8 Å². The predicted molar refractivity (Wildman–Crippen MR) is 92.9 cm³/mol. The molecule has 4 heteroatoms. The van der Waals surface area contributed by atoms with Crippen LogP contribution in [-0.2, 0) is 6.54 Å². The molecule has 2 aromatic rings. The normalized spacial score (nSPS) is 16.8. The second-order valence-electron chi connectivity index (χ2n) is 5.65. The van der Waals surface area contributed by atoms with Gasteiger partial charge in [-0.3, -0.25) is 5.43 Å². The number of rotatable bonds is 5. The summed E-state index contributed by atoms with van der Waals surface area (Å²) in [4.78, 5) is 4.99. The van der Waals surface area contributed by atoms with Crippen LogP contribution in [0.5, 0.6) is 0 Å². The van der Waals surface area contributed by atoms with Gasteiger partial charge in [0.25, 0.3) is 0 Å². The Morgan fingerprint density at radius 1 is 0.909 bits per heavy atom. The van der Waals surface area contributed by atoms with Gasteiger partial charge >= 0.3 is 0 Å². The van der Waals surface area contributed by atoms with Gasteiger partial charge < -0.3 is 4.90 Å². The molecule has 1 fully saturated rings. The minimum Gasteiger partial charge on any atom is -0.304 e. The van der Waals surface area contributed by atoms with Crippen molar-refractivity contribution in [3.05, 3.63) is 60.2 Å².